The Morgan fingerprint density at radius 2 is 1.75 bits per heavy atom. The number of hydrogen-bond donors (Lipinski definition) is 2. The minimum atomic E-state index is -0.162. The summed E-state index contributed by atoms with van der Waals surface area (Å²) in [7, 11) is 4.19. The highest BCUT2D eigenvalue weighted by atomic mass is 16.2. The zero-order valence-electron chi connectivity index (χ0n) is 26.4. The molecule has 10 heteroatoms. The van der Waals surface area contributed by atoms with Crippen LogP contribution in [-0.2, 0) is 4.79 Å². The molecule has 0 saturated carbocycles. The second-order valence-corrected chi connectivity index (χ2v) is 10.4. The molecule has 1 aliphatic rings. The second kappa shape index (κ2) is 21.0. The largest absolute Gasteiger partial charge is 0.376 e. The molecule has 1 fully saturated rings. The Kier molecular flexibility index (Phi) is 18.5. The topological polar surface area (TPSA) is 91.2 Å². The van der Waals surface area contributed by atoms with Crippen LogP contribution in [0.2, 0.25) is 0 Å². The van der Waals surface area contributed by atoms with Gasteiger partial charge in [0.05, 0.1) is 12.4 Å². The first-order valence-corrected chi connectivity index (χ1v) is 14.6. The number of nitrogens with one attached hydrogen (secondary N) is 2. The average Bonchev–Trinajstić information content (AvgIpc) is 2.95. The van der Waals surface area contributed by atoms with E-state index in [0.29, 0.717) is 18.9 Å². The average molecular weight is 558 g/mol. The standard InChI is InChI=1S/C30H55N9O/c1-9-14-39(25-34-35-28(27(6)11-3)22-26(5)10-2)21-18-37(8)24-31-23-29(32-12-4)30(40)33-13-15-38-19-16-36(7)17-20-38/h10-12,23,25,31H,9,13-22,24H2,1-8H3,(H,33,40)/b26-10+,27-11+,29-23-,32-12?,34-25+,35-28-. The number of carbonyl (C=O) groups is 1. The summed E-state index contributed by atoms with van der Waals surface area (Å²) < 4.78 is 0. The first kappa shape index (κ1) is 35.2. The molecule has 0 aromatic rings. The Hall–Kier alpha value is -2.82. The third kappa shape index (κ3) is 15.1. The van der Waals surface area contributed by atoms with Gasteiger partial charge in [-0.3, -0.25) is 19.6 Å². The van der Waals surface area contributed by atoms with Gasteiger partial charge in [-0.25, -0.2) is 0 Å². The van der Waals surface area contributed by atoms with Crippen molar-refractivity contribution in [1.82, 2.24) is 30.2 Å². The molecule has 0 aliphatic carbocycles. The van der Waals surface area contributed by atoms with Crippen LogP contribution in [0.15, 0.2) is 50.4 Å². The Bertz CT molecular complexity index is 912. The first-order chi connectivity index (χ1) is 19.2. The predicted octanol–water partition coefficient (Wildman–Crippen LogP) is 3.18. The smallest absolute Gasteiger partial charge is 0.271 e. The molecule has 0 aromatic heterocycles. The van der Waals surface area contributed by atoms with Gasteiger partial charge in [0.15, 0.2) is 0 Å². The molecule has 0 atom stereocenters. The van der Waals surface area contributed by atoms with E-state index < -0.39 is 0 Å². The summed E-state index contributed by atoms with van der Waals surface area (Å²) in [4.78, 5) is 26.0. The van der Waals surface area contributed by atoms with Gasteiger partial charge in [0.1, 0.15) is 12.0 Å². The van der Waals surface area contributed by atoms with Gasteiger partial charge in [-0.15, -0.1) is 5.10 Å². The van der Waals surface area contributed by atoms with Crippen molar-refractivity contribution in [1.29, 1.82) is 0 Å². The van der Waals surface area contributed by atoms with Crippen molar-refractivity contribution in [2.24, 2.45) is 15.2 Å². The molecule has 40 heavy (non-hydrogen) atoms. The molecular formula is C30H55N9O. The number of carbonyl (C=O) groups excluding carboxylic acids is 1. The van der Waals surface area contributed by atoms with E-state index >= 15 is 0 Å². The van der Waals surface area contributed by atoms with E-state index in [0.717, 1.165) is 76.5 Å². The van der Waals surface area contributed by atoms with E-state index in [4.69, 9.17) is 0 Å². The summed E-state index contributed by atoms with van der Waals surface area (Å²) in [6.07, 6.45) is 11.2. The zero-order valence-corrected chi connectivity index (χ0v) is 26.4. The Balaban J connectivity index is 2.57. The summed E-state index contributed by atoms with van der Waals surface area (Å²) in [5, 5.41) is 15.2. The molecular weight excluding hydrogens is 502 g/mol. The zero-order chi connectivity index (χ0) is 29.8. The molecule has 1 saturated heterocycles. The summed E-state index contributed by atoms with van der Waals surface area (Å²) in [6.45, 7) is 21.1. The molecule has 0 bridgehead atoms. The monoisotopic (exact) mass is 557 g/mol. The lowest BCUT2D eigenvalue weighted by atomic mass is 10.0. The number of allylic oxidation sites excluding steroid dienone is 4. The predicted molar refractivity (Wildman–Crippen MR) is 171 cm³/mol. The fourth-order valence-electron chi connectivity index (χ4n) is 3.94. The molecule has 1 amide bonds. The van der Waals surface area contributed by atoms with E-state index in [-0.39, 0.29) is 5.91 Å². The number of aliphatic imine (C=N–C) groups is 1. The molecule has 226 valence electrons. The van der Waals surface area contributed by atoms with E-state index in [1.54, 1.807) is 12.4 Å². The van der Waals surface area contributed by atoms with Crippen molar-refractivity contribution in [3.05, 3.63) is 35.2 Å². The van der Waals surface area contributed by atoms with Gasteiger partial charge in [0.25, 0.3) is 5.91 Å². The van der Waals surface area contributed by atoms with Gasteiger partial charge in [-0.1, -0.05) is 24.6 Å². The van der Waals surface area contributed by atoms with Gasteiger partial charge >= 0.3 is 0 Å². The van der Waals surface area contributed by atoms with Crippen LogP contribution in [0.5, 0.6) is 0 Å². The van der Waals surface area contributed by atoms with E-state index in [1.165, 1.54) is 5.57 Å². The number of nitrogens with zero attached hydrogens (tertiary/aromatic N) is 7. The van der Waals surface area contributed by atoms with E-state index in [2.05, 4.69) is 85.4 Å². The third-order valence-electron chi connectivity index (χ3n) is 6.91. The lowest BCUT2D eigenvalue weighted by Gasteiger charge is -2.32. The summed E-state index contributed by atoms with van der Waals surface area (Å²) in [5.74, 6) is -0.162. The van der Waals surface area contributed by atoms with Gasteiger partial charge in [-0.05, 0) is 60.7 Å². The maximum atomic E-state index is 12.7. The fraction of sp³-hybridized carbons (Fsp3) is 0.667. The fourth-order valence-corrected chi connectivity index (χ4v) is 3.94. The second-order valence-electron chi connectivity index (χ2n) is 10.4. The maximum absolute atomic E-state index is 12.7. The Morgan fingerprint density at radius 3 is 2.38 bits per heavy atom. The van der Waals surface area contributed by atoms with Crippen LogP contribution >= 0.6 is 0 Å². The quantitative estimate of drug-likeness (QED) is 0.0672. The lowest BCUT2D eigenvalue weighted by Crippen LogP contribution is -2.47. The molecule has 1 aliphatic heterocycles. The highest BCUT2D eigenvalue weighted by Gasteiger charge is 2.14. The maximum Gasteiger partial charge on any atom is 0.271 e. The van der Waals surface area contributed by atoms with Crippen molar-refractivity contribution in [2.75, 3.05) is 79.7 Å². The van der Waals surface area contributed by atoms with Crippen LogP contribution in [0.1, 0.15) is 54.4 Å². The number of hydrogen-bond acceptors (Lipinski definition) is 8. The van der Waals surface area contributed by atoms with E-state index in [9.17, 15) is 4.79 Å². The van der Waals surface area contributed by atoms with Crippen LogP contribution in [0, 0.1) is 0 Å². The highest BCUT2D eigenvalue weighted by molar-refractivity contribution is 6.01. The molecule has 2 N–H and O–H groups in total. The van der Waals surface area contributed by atoms with Crippen molar-refractivity contribution in [3.8, 4) is 0 Å². The van der Waals surface area contributed by atoms with Gasteiger partial charge < -0.3 is 20.4 Å². The molecule has 0 radical (unpaired) electrons. The molecule has 1 rings (SSSR count). The Labute approximate surface area is 243 Å². The van der Waals surface area contributed by atoms with Crippen molar-refractivity contribution < 1.29 is 4.79 Å². The number of piperazine rings is 1. The molecule has 0 unspecified atom stereocenters. The molecule has 10 nitrogen and oxygen atoms in total. The summed E-state index contributed by atoms with van der Waals surface area (Å²) in [6, 6.07) is 0. The highest BCUT2D eigenvalue weighted by Crippen LogP contribution is 2.09. The van der Waals surface area contributed by atoms with Crippen molar-refractivity contribution in [3.63, 3.8) is 0 Å². The number of amides is 1. The van der Waals surface area contributed by atoms with Crippen LogP contribution in [0.3, 0.4) is 0 Å². The van der Waals surface area contributed by atoms with Gasteiger partial charge in [-0.2, -0.15) is 5.10 Å². The van der Waals surface area contributed by atoms with Crippen molar-refractivity contribution in [2.45, 2.75) is 54.4 Å². The normalized spacial score (nSPS) is 16.9. The minimum Gasteiger partial charge on any atom is -0.376 e. The van der Waals surface area contributed by atoms with Crippen LogP contribution in [-0.4, -0.2) is 123 Å². The van der Waals surface area contributed by atoms with Gasteiger partial charge in [0.2, 0.25) is 0 Å². The Morgan fingerprint density at radius 1 is 1.02 bits per heavy atom. The van der Waals surface area contributed by atoms with Crippen molar-refractivity contribution >= 4 is 24.2 Å². The molecule has 0 spiro atoms. The van der Waals surface area contributed by atoms with Crippen LogP contribution in [0.25, 0.3) is 0 Å². The van der Waals surface area contributed by atoms with Gasteiger partial charge in [0, 0.05) is 77.7 Å². The third-order valence-corrected chi connectivity index (χ3v) is 6.91. The first-order valence-electron chi connectivity index (χ1n) is 14.6. The number of rotatable bonds is 18. The van der Waals surface area contributed by atoms with E-state index in [1.807, 2.05) is 34.2 Å². The SMILES string of the molecule is CC=N/C(=C\NCN(C)CCN(/C=N/N=C(C/C(C)=C/C)\C(C)=C\C)CCC)C(=O)NCCN1CCN(C)CC1. The molecule has 1 heterocycles. The van der Waals surface area contributed by atoms with Crippen LogP contribution in [0.4, 0.5) is 0 Å². The molecule has 0 aromatic carbocycles. The van der Waals surface area contributed by atoms with Crippen LogP contribution < -0.4 is 10.6 Å². The summed E-state index contributed by atoms with van der Waals surface area (Å²) >= 11 is 0. The number of likely N-dealkylation sites (N-methyl/N-ethyl adjacent to an activating group) is 2. The minimum absolute atomic E-state index is 0.162. The lowest BCUT2D eigenvalue weighted by molar-refractivity contribution is -0.117. The summed E-state index contributed by atoms with van der Waals surface area (Å²) in [5.41, 5.74) is 3.80.